The number of amides is 1. The SMILES string of the molecule is COc1ccc(Cl)cc1NC(=O)C=Cc1ccc(C)o1. The number of benzene rings is 1. The summed E-state index contributed by atoms with van der Waals surface area (Å²) in [5.74, 6) is 1.67. The molecule has 0 unspecified atom stereocenters. The van der Waals surface area contributed by atoms with Gasteiger partial charge in [0.15, 0.2) is 0 Å². The molecule has 0 radical (unpaired) electrons. The maximum absolute atomic E-state index is 11.8. The van der Waals surface area contributed by atoms with Gasteiger partial charge >= 0.3 is 0 Å². The van der Waals surface area contributed by atoms with Crippen LogP contribution < -0.4 is 10.1 Å². The molecule has 0 aliphatic rings. The minimum atomic E-state index is -0.292. The standard InChI is InChI=1S/C15H14ClNO3/c1-10-3-5-12(20-10)6-8-15(18)17-13-9-11(16)4-7-14(13)19-2/h3-9H,1-2H3,(H,17,18). The summed E-state index contributed by atoms with van der Waals surface area (Å²) in [6, 6.07) is 8.63. The lowest BCUT2D eigenvalue weighted by Crippen LogP contribution is -2.08. The minimum Gasteiger partial charge on any atom is -0.495 e. The number of rotatable bonds is 4. The van der Waals surface area contributed by atoms with Gasteiger partial charge in [-0.05, 0) is 43.3 Å². The molecule has 1 aromatic carbocycles. The second-order valence-corrected chi connectivity index (χ2v) is 4.55. The summed E-state index contributed by atoms with van der Waals surface area (Å²) in [6.45, 7) is 1.84. The predicted octanol–water partition coefficient (Wildman–Crippen LogP) is 3.90. The highest BCUT2D eigenvalue weighted by atomic mass is 35.5. The third kappa shape index (κ3) is 3.65. The number of nitrogens with one attached hydrogen (secondary N) is 1. The molecule has 0 aliphatic heterocycles. The highest BCUT2D eigenvalue weighted by Gasteiger charge is 2.06. The Balaban J connectivity index is 2.08. The first-order valence-electron chi connectivity index (χ1n) is 5.97. The summed E-state index contributed by atoms with van der Waals surface area (Å²) in [6.07, 6.45) is 2.98. The van der Waals surface area contributed by atoms with Crippen LogP contribution in [0.1, 0.15) is 11.5 Å². The van der Waals surface area contributed by atoms with E-state index in [9.17, 15) is 4.79 Å². The van der Waals surface area contributed by atoms with Gasteiger partial charge in [0.2, 0.25) is 5.91 Å². The van der Waals surface area contributed by atoms with E-state index in [0.717, 1.165) is 5.76 Å². The molecule has 0 saturated carbocycles. The fraction of sp³-hybridized carbons (Fsp3) is 0.133. The van der Waals surface area contributed by atoms with Gasteiger partial charge in [0.05, 0.1) is 12.8 Å². The first-order valence-corrected chi connectivity index (χ1v) is 6.35. The van der Waals surface area contributed by atoms with E-state index < -0.39 is 0 Å². The number of methoxy groups -OCH3 is 1. The fourth-order valence-electron chi connectivity index (χ4n) is 1.65. The Kier molecular flexibility index (Phi) is 4.48. The molecule has 2 aromatic rings. The Labute approximate surface area is 122 Å². The van der Waals surface area contributed by atoms with Crippen LogP contribution in [0, 0.1) is 6.92 Å². The summed E-state index contributed by atoms with van der Waals surface area (Å²) in [7, 11) is 1.53. The number of anilines is 1. The third-order valence-corrected chi connectivity index (χ3v) is 2.81. The number of carbonyl (C=O) groups is 1. The molecule has 0 aliphatic carbocycles. The van der Waals surface area contributed by atoms with Crippen LogP contribution in [0.15, 0.2) is 40.8 Å². The summed E-state index contributed by atoms with van der Waals surface area (Å²) < 4.78 is 10.5. The monoisotopic (exact) mass is 291 g/mol. The van der Waals surface area contributed by atoms with Crippen molar-refractivity contribution in [3.8, 4) is 5.75 Å². The summed E-state index contributed by atoms with van der Waals surface area (Å²) in [5.41, 5.74) is 0.519. The molecular formula is C15H14ClNO3. The number of ether oxygens (including phenoxy) is 1. The molecule has 1 aromatic heterocycles. The normalized spacial score (nSPS) is 10.8. The maximum atomic E-state index is 11.8. The van der Waals surface area contributed by atoms with Crippen molar-refractivity contribution in [3.05, 3.63) is 53.0 Å². The lowest BCUT2D eigenvalue weighted by Gasteiger charge is -2.08. The number of furan rings is 1. The van der Waals surface area contributed by atoms with Gasteiger partial charge in [-0.2, -0.15) is 0 Å². The van der Waals surface area contributed by atoms with E-state index in [-0.39, 0.29) is 5.91 Å². The van der Waals surface area contributed by atoms with Crippen molar-refractivity contribution in [1.29, 1.82) is 0 Å². The topological polar surface area (TPSA) is 51.5 Å². The molecule has 0 saturated heterocycles. The Morgan fingerprint density at radius 1 is 1.35 bits per heavy atom. The Bertz CT molecular complexity index is 646. The van der Waals surface area contributed by atoms with E-state index in [1.54, 1.807) is 30.3 Å². The van der Waals surface area contributed by atoms with Gasteiger partial charge in [-0.1, -0.05) is 11.6 Å². The van der Waals surface area contributed by atoms with Gasteiger partial charge in [-0.25, -0.2) is 0 Å². The zero-order chi connectivity index (χ0) is 14.5. The Morgan fingerprint density at radius 2 is 2.15 bits per heavy atom. The minimum absolute atomic E-state index is 0.292. The summed E-state index contributed by atoms with van der Waals surface area (Å²) in [5, 5.41) is 3.22. The van der Waals surface area contributed by atoms with Crippen LogP contribution >= 0.6 is 11.6 Å². The highest BCUT2D eigenvalue weighted by molar-refractivity contribution is 6.31. The van der Waals surface area contributed by atoms with Crippen LogP contribution in [0.25, 0.3) is 6.08 Å². The second-order valence-electron chi connectivity index (χ2n) is 4.12. The summed E-state index contributed by atoms with van der Waals surface area (Å²) in [4.78, 5) is 11.8. The van der Waals surface area contributed by atoms with Crippen LogP contribution in [-0.4, -0.2) is 13.0 Å². The zero-order valence-corrected chi connectivity index (χ0v) is 11.9. The Hall–Kier alpha value is -2.20. The first kappa shape index (κ1) is 14.2. The summed E-state index contributed by atoms with van der Waals surface area (Å²) >= 11 is 5.89. The third-order valence-electron chi connectivity index (χ3n) is 2.58. The van der Waals surface area contributed by atoms with E-state index in [2.05, 4.69) is 5.32 Å². The van der Waals surface area contributed by atoms with Gasteiger partial charge in [0, 0.05) is 11.1 Å². The average molecular weight is 292 g/mol. The van der Waals surface area contributed by atoms with Crippen LogP contribution in [0.4, 0.5) is 5.69 Å². The van der Waals surface area contributed by atoms with Crippen molar-refractivity contribution < 1.29 is 13.9 Å². The van der Waals surface area contributed by atoms with E-state index in [1.165, 1.54) is 13.2 Å². The number of hydrogen-bond acceptors (Lipinski definition) is 3. The maximum Gasteiger partial charge on any atom is 0.248 e. The van der Waals surface area contributed by atoms with Crippen molar-refractivity contribution in [2.24, 2.45) is 0 Å². The van der Waals surface area contributed by atoms with Gasteiger partial charge in [0.1, 0.15) is 17.3 Å². The second kappa shape index (κ2) is 6.30. The van der Waals surface area contributed by atoms with Crippen molar-refractivity contribution in [1.82, 2.24) is 0 Å². The van der Waals surface area contributed by atoms with E-state index in [1.807, 2.05) is 13.0 Å². The molecule has 2 rings (SSSR count). The van der Waals surface area contributed by atoms with Crippen LogP contribution in [-0.2, 0) is 4.79 Å². The molecule has 1 amide bonds. The van der Waals surface area contributed by atoms with Gasteiger partial charge < -0.3 is 14.5 Å². The number of halogens is 1. The molecule has 0 bridgehead atoms. The van der Waals surface area contributed by atoms with Crippen molar-refractivity contribution in [3.63, 3.8) is 0 Å². The van der Waals surface area contributed by atoms with E-state index >= 15 is 0 Å². The number of carbonyl (C=O) groups excluding carboxylic acids is 1. The number of aryl methyl sites for hydroxylation is 1. The largest absolute Gasteiger partial charge is 0.495 e. The van der Waals surface area contributed by atoms with Gasteiger partial charge in [0.25, 0.3) is 0 Å². The predicted molar refractivity (Wildman–Crippen MR) is 79.1 cm³/mol. The van der Waals surface area contributed by atoms with E-state index in [4.69, 9.17) is 20.8 Å². The molecular weight excluding hydrogens is 278 g/mol. The van der Waals surface area contributed by atoms with Crippen molar-refractivity contribution in [2.75, 3.05) is 12.4 Å². The van der Waals surface area contributed by atoms with Crippen molar-refractivity contribution >= 4 is 29.3 Å². The lowest BCUT2D eigenvalue weighted by molar-refractivity contribution is -0.111. The van der Waals surface area contributed by atoms with Gasteiger partial charge in [-0.15, -0.1) is 0 Å². The molecule has 20 heavy (non-hydrogen) atoms. The van der Waals surface area contributed by atoms with Crippen LogP contribution in [0.2, 0.25) is 5.02 Å². The molecule has 5 heteroatoms. The molecule has 104 valence electrons. The van der Waals surface area contributed by atoms with Crippen LogP contribution in [0.5, 0.6) is 5.75 Å². The molecule has 1 N–H and O–H groups in total. The van der Waals surface area contributed by atoms with Gasteiger partial charge in [-0.3, -0.25) is 4.79 Å². The zero-order valence-electron chi connectivity index (χ0n) is 11.1. The smallest absolute Gasteiger partial charge is 0.248 e. The first-order chi connectivity index (χ1) is 9.58. The van der Waals surface area contributed by atoms with Crippen LogP contribution in [0.3, 0.4) is 0 Å². The van der Waals surface area contributed by atoms with E-state index in [0.29, 0.717) is 22.2 Å². The number of hydrogen-bond donors (Lipinski definition) is 1. The fourth-order valence-corrected chi connectivity index (χ4v) is 1.83. The molecule has 1 heterocycles. The lowest BCUT2D eigenvalue weighted by atomic mass is 10.3. The molecule has 0 atom stereocenters. The Morgan fingerprint density at radius 3 is 2.80 bits per heavy atom. The molecule has 0 spiro atoms. The van der Waals surface area contributed by atoms with Crippen molar-refractivity contribution in [2.45, 2.75) is 6.92 Å². The quantitative estimate of drug-likeness (QED) is 0.869. The molecule has 0 fully saturated rings. The average Bonchev–Trinajstić information content (AvgIpc) is 2.83. The highest BCUT2D eigenvalue weighted by Crippen LogP contribution is 2.27. The molecule has 4 nitrogen and oxygen atoms in total.